The number of hydrogen-bond donors (Lipinski definition) is 2. The molecule has 1 aromatic heterocycles. The Morgan fingerprint density at radius 2 is 1.65 bits per heavy atom. The van der Waals surface area contributed by atoms with E-state index < -0.39 is 73.0 Å². The lowest BCUT2D eigenvalue weighted by molar-refractivity contribution is -0.322. The van der Waals surface area contributed by atoms with Crippen LogP contribution in [0.4, 0.5) is 39.5 Å². The maximum absolute atomic E-state index is 14.6. The highest BCUT2D eigenvalue weighted by Crippen LogP contribution is 2.47. The number of aromatic nitrogens is 1. The zero-order chi connectivity index (χ0) is 36.9. The fourth-order valence-corrected chi connectivity index (χ4v) is 5.67. The fourth-order valence-electron chi connectivity index (χ4n) is 5.67. The van der Waals surface area contributed by atoms with Crippen LogP contribution in [0.15, 0.2) is 41.5 Å². The van der Waals surface area contributed by atoms with E-state index in [9.17, 15) is 44.3 Å². The number of halogens is 9. The second kappa shape index (κ2) is 15.8. The molecule has 0 aliphatic heterocycles. The SMILES string of the molecule is CCCCCC1=CC(C(F)(F)F)=C(c2cc3ccc(OCC(F)(F)C(F)(F)C(F)(F)COC(=O)C(N)CN)cc3n2CCC(C)C)C(C)C1. The van der Waals surface area contributed by atoms with E-state index in [4.69, 9.17) is 16.2 Å². The molecule has 0 fully saturated rings. The van der Waals surface area contributed by atoms with Crippen molar-refractivity contribution in [3.05, 3.63) is 47.2 Å². The molecule has 0 amide bonds. The molecule has 0 radical (unpaired) electrons. The molecule has 2 aromatic rings. The van der Waals surface area contributed by atoms with Crippen LogP contribution in [0.1, 0.15) is 71.9 Å². The molecule has 15 heteroatoms. The average Bonchev–Trinajstić information content (AvgIpc) is 3.37. The van der Waals surface area contributed by atoms with Crippen LogP contribution >= 0.6 is 0 Å². The summed E-state index contributed by atoms with van der Waals surface area (Å²) in [4.78, 5) is 11.5. The molecule has 49 heavy (non-hydrogen) atoms. The van der Waals surface area contributed by atoms with Crippen LogP contribution in [0.2, 0.25) is 0 Å². The van der Waals surface area contributed by atoms with Crippen LogP contribution in [0, 0.1) is 11.8 Å². The molecule has 0 saturated heterocycles. The number of alkyl halides is 9. The maximum atomic E-state index is 14.6. The first-order valence-electron chi connectivity index (χ1n) is 16.2. The molecular weight excluding hydrogens is 669 g/mol. The van der Waals surface area contributed by atoms with Gasteiger partial charge >= 0.3 is 29.9 Å². The van der Waals surface area contributed by atoms with Crippen molar-refractivity contribution in [2.75, 3.05) is 19.8 Å². The number of ether oxygens (including phenoxy) is 2. The monoisotopic (exact) mass is 713 g/mol. The molecule has 1 heterocycles. The van der Waals surface area contributed by atoms with Crippen molar-refractivity contribution in [3.8, 4) is 5.75 Å². The molecule has 0 saturated carbocycles. The van der Waals surface area contributed by atoms with Gasteiger partial charge in [-0.25, -0.2) is 0 Å². The molecule has 2 atom stereocenters. The predicted molar refractivity (Wildman–Crippen MR) is 169 cm³/mol. The molecule has 1 aliphatic carbocycles. The zero-order valence-corrected chi connectivity index (χ0v) is 27.9. The van der Waals surface area contributed by atoms with Crippen LogP contribution in [0.25, 0.3) is 16.5 Å². The lowest BCUT2D eigenvalue weighted by atomic mass is 9.80. The Balaban J connectivity index is 2.00. The quantitative estimate of drug-likeness (QED) is 0.0973. The summed E-state index contributed by atoms with van der Waals surface area (Å²) in [5.41, 5.74) is 10.8. The van der Waals surface area contributed by atoms with Crippen molar-refractivity contribution >= 4 is 22.4 Å². The van der Waals surface area contributed by atoms with Gasteiger partial charge in [0.2, 0.25) is 0 Å². The number of benzene rings is 1. The third kappa shape index (κ3) is 9.33. The zero-order valence-electron chi connectivity index (χ0n) is 27.9. The standard InChI is InChI=1S/C34H44F9N3O3/c1-5-6-7-8-22-13-21(4)29(25(14-22)33(39,40)41)28-15-23-9-10-24(16-27(23)46(28)12-11-20(2)3)48-18-31(35,36)34(42,43)32(37,38)19-49-30(47)26(45)17-44/h9-10,14-16,20-21,26H,5-8,11-13,17-19,44-45H2,1-4H3. The summed E-state index contributed by atoms with van der Waals surface area (Å²) in [6.07, 6.45) is 0.638. The van der Waals surface area contributed by atoms with E-state index in [1.165, 1.54) is 18.2 Å². The molecule has 276 valence electrons. The van der Waals surface area contributed by atoms with Crippen molar-refractivity contribution < 1.29 is 53.8 Å². The second-order valence-electron chi connectivity index (χ2n) is 13.0. The number of nitrogens with zero attached hydrogens (tertiary/aromatic N) is 1. The van der Waals surface area contributed by atoms with Gasteiger partial charge in [0.1, 0.15) is 11.8 Å². The van der Waals surface area contributed by atoms with Crippen LogP contribution < -0.4 is 16.2 Å². The van der Waals surface area contributed by atoms with Crippen molar-refractivity contribution in [2.24, 2.45) is 23.3 Å². The van der Waals surface area contributed by atoms with E-state index in [1.54, 1.807) is 17.6 Å². The lowest BCUT2D eigenvalue weighted by Crippen LogP contribution is -2.59. The minimum Gasteiger partial charge on any atom is -0.487 e. The van der Waals surface area contributed by atoms with Crippen molar-refractivity contribution in [3.63, 3.8) is 0 Å². The molecule has 0 spiro atoms. The minimum absolute atomic E-state index is 0.0793. The summed E-state index contributed by atoms with van der Waals surface area (Å²) in [7, 11) is 0. The largest absolute Gasteiger partial charge is 0.487 e. The number of aryl methyl sites for hydroxylation is 1. The van der Waals surface area contributed by atoms with E-state index in [-0.39, 0.29) is 29.2 Å². The first kappa shape index (κ1) is 40.2. The smallest absolute Gasteiger partial charge is 0.416 e. The topological polar surface area (TPSA) is 92.5 Å². The van der Waals surface area contributed by atoms with Gasteiger partial charge in [-0.05, 0) is 61.3 Å². The van der Waals surface area contributed by atoms with E-state index in [1.807, 2.05) is 20.8 Å². The summed E-state index contributed by atoms with van der Waals surface area (Å²) in [6.45, 7) is 2.66. The third-order valence-electron chi connectivity index (χ3n) is 8.48. The van der Waals surface area contributed by atoms with Gasteiger partial charge in [-0.2, -0.15) is 39.5 Å². The molecular formula is C34H44F9N3O3. The Hall–Kier alpha value is -3.20. The summed E-state index contributed by atoms with van der Waals surface area (Å²) in [5.74, 6) is -19.4. The highest BCUT2D eigenvalue weighted by molar-refractivity contribution is 5.88. The van der Waals surface area contributed by atoms with Crippen LogP contribution in [-0.4, -0.2) is 60.3 Å². The molecule has 0 bridgehead atoms. The van der Waals surface area contributed by atoms with Gasteiger partial charge in [-0.1, -0.05) is 52.2 Å². The van der Waals surface area contributed by atoms with Gasteiger partial charge in [0, 0.05) is 30.2 Å². The summed E-state index contributed by atoms with van der Waals surface area (Å²) in [6, 6.07) is 3.66. The maximum Gasteiger partial charge on any atom is 0.416 e. The van der Waals surface area contributed by atoms with Crippen LogP contribution in [0.5, 0.6) is 5.75 Å². The Bertz CT molecular complexity index is 1510. The molecule has 1 aliphatic rings. The first-order chi connectivity index (χ1) is 22.7. The molecule has 1 aromatic carbocycles. The number of hydrogen-bond acceptors (Lipinski definition) is 5. The van der Waals surface area contributed by atoms with Gasteiger partial charge in [0.15, 0.2) is 13.2 Å². The Labute approximate surface area is 279 Å². The first-order valence-corrected chi connectivity index (χ1v) is 16.2. The van der Waals surface area contributed by atoms with Crippen molar-refractivity contribution in [1.29, 1.82) is 0 Å². The number of esters is 1. The van der Waals surface area contributed by atoms with Gasteiger partial charge in [0.05, 0.1) is 11.1 Å². The third-order valence-corrected chi connectivity index (χ3v) is 8.48. The normalized spacial score (nSPS) is 17.1. The van der Waals surface area contributed by atoms with Crippen molar-refractivity contribution in [2.45, 2.75) is 103 Å². The van der Waals surface area contributed by atoms with Crippen LogP contribution in [0.3, 0.4) is 0 Å². The van der Waals surface area contributed by atoms with Gasteiger partial charge < -0.3 is 25.5 Å². The van der Waals surface area contributed by atoms with E-state index in [0.717, 1.165) is 25.3 Å². The van der Waals surface area contributed by atoms with E-state index in [2.05, 4.69) is 4.74 Å². The number of fused-ring (bicyclic) bond motifs is 1. The summed E-state index contributed by atoms with van der Waals surface area (Å²) < 4.78 is 141. The lowest BCUT2D eigenvalue weighted by Gasteiger charge is -2.32. The van der Waals surface area contributed by atoms with Gasteiger partial charge in [-0.15, -0.1) is 0 Å². The van der Waals surface area contributed by atoms with Gasteiger partial charge in [-0.3, -0.25) is 4.79 Å². The van der Waals surface area contributed by atoms with Crippen molar-refractivity contribution in [1.82, 2.24) is 4.57 Å². The van der Waals surface area contributed by atoms with E-state index in [0.29, 0.717) is 30.2 Å². The summed E-state index contributed by atoms with van der Waals surface area (Å²) >= 11 is 0. The van der Waals surface area contributed by atoms with Crippen LogP contribution in [-0.2, 0) is 16.1 Å². The average molecular weight is 714 g/mol. The number of unbranched alkanes of at least 4 members (excludes halogenated alkanes) is 2. The minimum atomic E-state index is -6.03. The Kier molecular flexibility index (Phi) is 13.0. The predicted octanol–water partition coefficient (Wildman–Crippen LogP) is 8.66. The molecule has 2 unspecified atom stereocenters. The highest BCUT2D eigenvalue weighted by atomic mass is 19.4. The Morgan fingerprint density at radius 1 is 1.00 bits per heavy atom. The molecule has 4 N–H and O–H groups in total. The number of rotatable bonds is 17. The fraction of sp³-hybridized carbons (Fsp3) is 0.618. The molecule has 3 rings (SSSR count). The number of carbonyl (C=O) groups is 1. The highest BCUT2D eigenvalue weighted by Gasteiger charge is 2.72. The number of allylic oxidation sites excluding steroid dienone is 4. The Morgan fingerprint density at radius 3 is 2.24 bits per heavy atom. The number of carbonyl (C=O) groups excluding carboxylic acids is 1. The molecule has 6 nitrogen and oxygen atoms in total. The summed E-state index contributed by atoms with van der Waals surface area (Å²) in [5, 5.41) is 0.436. The van der Waals surface area contributed by atoms with E-state index >= 15 is 0 Å². The van der Waals surface area contributed by atoms with Gasteiger partial charge in [0.25, 0.3) is 0 Å². The second-order valence-corrected chi connectivity index (χ2v) is 13.0. The number of nitrogens with two attached hydrogens (primary N) is 2.